The number of nitrogens with one attached hydrogen (secondary N) is 1. The van der Waals surface area contributed by atoms with E-state index in [4.69, 9.17) is 4.74 Å². The second-order valence-electron chi connectivity index (χ2n) is 5.51. The maximum atomic E-state index is 5.41. The van der Waals surface area contributed by atoms with Crippen LogP contribution in [0.1, 0.15) is 31.4 Å². The van der Waals surface area contributed by atoms with Gasteiger partial charge in [0.05, 0.1) is 7.11 Å². The third kappa shape index (κ3) is 4.52. The Morgan fingerprint density at radius 1 is 1.05 bits per heavy atom. The molecule has 0 saturated heterocycles. The van der Waals surface area contributed by atoms with Crippen LogP contribution in [0.4, 0.5) is 5.69 Å². The number of ether oxygens (including phenoxy) is 1. The van der Waals surface area contributed by atoms with Gasteiger partial charge in [-0.25, -0.2) is 0 Å². The monoisotopic (exact) mass is 283 g/mol. The van der Waals surface area contributed by atoms with Crippen LogP contribution >= 0.6 is 0 Å². The molecule has 0 radical (unpaired) electrons. The highest BCUT2D eigenvalue weighted by molar-refractivity contribution is 5.46. The summed E-state index contributed by atoms with van der Waals surface area (Å²) in [6.45, 7) is 4.41. The van der Waals surface area contributed by atoms with E-state index in [0.717, 1.165) is 18.6 Å². The predicted octanol–water partition coefficient (Wildman–Crippen LogP) is 4.69. The van der Waals surface area contributed by atoms with Gasteiger partial charge in [-0.05, 0) is 49.1 Å². The molecule has 2 aromatic rings. The van der Waals surface area contributed by atoms with E-state index in [2.05, 4.69) is 55.6 Å². The van der Waals surface area contributed by atoms with Gasteiger partial charge in [-0.3, -0.25) is 0 Å². The van der Waals surface area contributed by atoms with Crippen LogP contribution in [0.15, 0.2) is 48.5 Å². The lowest BCUT2D eigenvalue weighted by atomic mass is 10.1. The third-order valence-corrected chi connectivity index (χ3v) is 3.62. The van der Waals surface area contributed by atoms with Crippen LogP contribution in [0, 0.1) is 0 Å². The summed E-state index contributed by atoms with van der Waals surface area (Å²) in [5.74, 6) is 0.962. The Morgan fingerprint density at radius 2 is 1.76 bits per heavy atom. The SMILES string of the molecule is CCCc1ccc(NC(C)Cc2ccccc2OC)cc1. The highest BCUT2D eigenvalue weighted by atomic mass is 16.5. The van der Waals surface area contributed by atoms with Crippen LogP contribution in [0.2, 0.25) is 0 Å². The molecule has 0 aliphatic carbocycles. The van der Waals surface area contributed by atoms with Gasteiger partial charge < -0.3 is 10.1 Å². The lowest BCUT2D eigenvalue weighted by Gasteiger charge is -2.17. The van der Waals surface area contributed by atoms with Gasteiger partial charge in [0.2, 0.25) is 0 Å². The molecule has 0 saturated carbocycles. The van der Waals surface area contributed by atoms with Gasteiger partial charge in [0.15, 0.2) is 0 Å². The van der Waals surface area contributed by atoms with Gasteiger partial charge in [-0.15, -0.1) is 0 Å². The highest BCUT2D eigenvalue weighted by Gasteiger charge is 2.07. The first-order valence-corrected chi connectivity index (χ1v) is 7.70. The zero-order chi connectivity index (χ0) is 15.1. The molecule has 1 N–H and O–H groups in total. The molecule has 1 atom stereocenters. The Labute approximate surface area is 128 Å². The molecule has 0 heterocycles. The number of para-hydroxylation sites is 1. The third-order valence-electron chi connectivity index (χ3n) is 3.62. The zero-order valence-electron chi connectivity index (χ0n) is 13.2. The van der Waals surface area contributed by atoms with E-state index in [1.807, 2.05) is 12.1 Å². The van der Waals surface area contributed by atoms with Crippen LogP contribution in [-0.2, 0) is 12.8 Å². The summed E-state index contributed by atoms with van der Waals surface area (Å²) in [6.07, 6.45) is 3.29. The Bertz CT molecular complexity index is 548. The second-order valence-corrected chi connectivity index (χ2v) is 5.51. The molecule has 0 fully saturated rings. The molecule has 0 bridgehead atoms. The first kappa shape index (κ1) is 15.4. The predicted molar refractivity (Wildman–Crippen MR) is 90.2 cm³/mol. The summed E-state index contributed by atoms with van der Waals surface area (Å²) in [4.78, 5) is 0. The Balaban J connectivity index is 1.96. The standard InChI is InChI=1S/C19H25NO/c1-4-7-16-10-12-18(13-11-16)20-15(2)14-17-8-5-6-9-19(17)21-3/h5-6,8-13,15,20H,4,7,14H2,1-3H3. The van der Waals surface area contributed by atoms with Gasteiger partial charge in [-0.1, -0.05) is 43.7 Å². The normalized spacial score (nSPS) is 12.0. The Hall–Kier alpha value is -1.96. The van der Waals surface area contributed by atoms with E-state index >= 15 is 0 Å². The van der Waals surface area contributed by atoms with E-state index in [-0.39, 0.29) is 0 Å². The number of hydrogen-bond acceptors (Lipinski definition) is 2. The Morgan fingerprint density at radius 3 is 2.43 bits per heavy atom. The average molecular weight is 283 g/mol. The number of methoxy groups -OCH3 is 1. The van der Waals surface area contributed by atoms with Crippen molar-refractivity contribution in [2.24, 2.45) is 0 Å². The highest BCUT2D eigenvalue weighted by Crippen LogP contribution is 2.20. The Kier molecular flexibility index (Phi) is 5.68. The lowest BCUT2D eigenvalue weighted by molar-refractivity contribution is 0.409. The molecule has 1 unspecified atom stereocenters. The zero-order valence-corrected chi connectivity index (χ0v) is 13.2. The number of benzene rings is 2. The summed E-state index contributed by atoms with van der Waals surface area (Å²) in [5, 5.41) is 3.56. The molecule has 0 aromatic heterocycles. The van der Waals surface area contributed by atoms with Crippen molar-refractivity contribution in [2.45, 2.75) is 39.2 Å². The van der Waals surface area contributed by atoms with E-state index < -0.39 is 0 Å². The molecule has 0 aliphatic heterocycles. The smallest absolute Gasteiger partial charge is 0.122 e. The van der Waals surface area contributed by atoms with Gasteiger partial charge in [0, 0.05) is 11.7 Å². The van der Waals surface area contributed by atoms with Crippen LogP contribution in [0.5, 0.6) is 5.75 Å². The number of hydrogen-bond donors (Lipinski definition) is 1. The molecule has 2 rings (SSSR count). The molecule has 0 aliphatic rings. The molecule has 0 spiro atoms. The molecule has 2 nitrogen and oxygen atoms in total. The summed E-state index contributed by atoms with van der Waals surface area (Å²) >= 11 is 0. The fraction of sp³-hybridized carbons (Fsp3) is 0.368. The molecule has 21 heavy (non-hydrogen) atoms. The molecular weight excluding hydrogens is 258 g/mol. The maximum Gasteiger partial charge on any atom is 0.122 e. The molecular formula is C19H25NO. The number of rotatable bonds is 7. The van der Waals surface area contributed by atoms with Crippen LogP contribution in [-0.4, -0.2) is 13.2 Å². The second kappa shape index (κ2) is 7.72. The maximum absolute atomic E-state index is 5.41. The largest absolute Gasteiger partial charge is 0.496 e. The number of anilines is 1. The summed E-state index contributed by atoms with van der Waals surface area (Å²) in [5.41, 5.74) is 3.82. The van der Waals surface area contributed by atoms with Gasteiger partial charge in [0.25, 0.3) is 0 Å². The van der Waals surface area contributed by atoms with Crippen LogP contribution < -0.4 is 10.1 Å². The van der Waals surface area contributed by atoms with Crippen molar-refractivity contribution in [1.29, 1.82) is 0 Å². The summed E-state index contributed by atoms with van der Waals surface area (Å²) in [6, 6.07) is 17.3. The first-order valence-electron chi connectivity index (χ1n) is 7.70. The van der Waals surface area contributed by atoms with Crippen molar-refractivity contribution in [3.8, 4) is 5.75 Å². The first-order chi connectivity index (χ1) is 10.2. The van der Waals surface area contributed by atoms with Crippen molar-refractivity contribution < 1.29 is 4.74 Å². The van der Waals surface area contributed by atoms with Crippen molar-refractivity contribution >= 4 is 5.69 Å². The summed E-state index contributed by atoms with van der Waals surface area (Å²) < 4.78 is 5.41. The summed E-state index contributed by atoms with van der Waals surface area (Å²) in [7, 11) is 1.73. The molecule has 112 valence electrons. The quantitative estimate of drug-likeness (QED) is 0.796. The number of aryl methyl sites for hydroxylation is 1. The average Bonchev–Trinajstić information content (AvgIpc) is 2.50. The fourth-order valence-corrected chi connectivity index (χ4v) is 2.59. The van der Waals surface area contributed by atoms with Crippen molar-refractivity contribution in [2.75, 3.05) is 12.4 Å². The van der Waals surface area contributed by atoms with E-state index in [9.17, 15) is 0 Å². The van der Waals surface area contributed by atoms with Gasteiger partial charge in [-0.2, -0.15) is 0 Å². The van der Waals surface area contributed by atoms with Crippen molar-refractivity contribution in [1.82, 2.24) is 0 Å². The molecule has 2 heteroatoms. The van der Waals surface area contributed by atoms with Gasteiger partial charge >= 0.3 is 0 Å². The van der Waals surface area contributed by atoms with Gasteiger partial charge in [0.1, 0.15) is 5.75 Å². The van der Waals surface area contributed by atoms with E-state index in [1.165, 1.54) is 23.2 Å². The minimum atomic E-state index is 0.360. The lowest BCUT2D eigenvalue weighted by Crippen LogP contribution is -2.18. The van der Waals surface area contributed by atoms with Crippen molar-refractivity contribution in [3.05, 3.63) is 59.7 Å². The van der Waals surface area contributed by atoms with E-state index in [1.54, 1.807) is 7.11 Å². The topological polar surface area (TPSA) is 21.3 Å². The minimum Gasteiger partial charge on any atom is -0.496 e. The van der Waals surface area contributed by atoms with Crippen LogP contribution in [0.3, 0.4) is 0 Å². The van der Waals surface area contributed by atoms with E-state index in [0.29, 0.717) is 6.04 Å². The fourth-order valence-electron chi connectivity index (χ4n) is 2.59. The van der Waals surface area contributed by atoms with Crippen LogP contribution in [0.25, 0.3) is 0 Å². The minimum absolute atomic E-state index is 0.360. The van der Waals surface area contributed by atoms with Crippen molar-refractivity contribution in [3.63, 3.8) is 0 Å². The molecule has 0 amide bonds. The molecule has 2 aromatic carbocycles.